The average Bonchev–Trinajstić information content (AvgIpc) is 2.50. The molecule has 114 valence electrons. The summed E-state index contributed by atoms with van der Waals surface area (Å²) in [5.74, 6) is 1.16. The lowest BCUT2D eigenvalue weighted by Gasteiger charge is -2.19. The number of ether oxygens (including phenoxy) is 2. The Balaban J connectivity index is 1.86. The number of carbonyl (C=O) groups is 1. The number of aryl methyl sites for hydroxylation is 3. The van der Waals surface area contributed by atoms with Crippen LogP contribution in [0.4, 0.5) is 5.69 Å². The van der Waals surface area contributed by atoms with Crippen molar-refractivity contribution in [2.24, 2.45) is 0 Å². The van der Waals surface area contributed by atoms with Crippen molar-refractivity contribution in [2.45, 2.75) is 20.8 Å². The molecule has 4 heteroatoms. The van der Waals surface area contributed by atoms with E-state index >= 15 is 0 Å². The molecule has 1 amide bonds. The molecule has 1 aliphatic heterocycles. The summed E-state index contributed by atoms with van der Waals surface area (Å²) in [5, 5.41) is 2.99. The number of fused-ring (bicyclic) bond motifs is 1. The lowest BCUT2D eigenvalue weighted by molar-refractivity contribution is 0.102. The van der Waals surface area contributed by atoms with E-state index in [0.29, 0.717) is 30.3 Å². The van der Waals surface area contributed by atoms with Gasteiger partial charge in [-0.15, -0.1) is 0 Å². The summed E-state index contributed by atoms with van der Waals surface area (Å²) in [6.07, 6.45) is 0. The molecular weight excluding hydrogens is 278 g/mol. The maximum atomic E-state index is 12.5. The van der Waals surface area contributed by atoms with E-state index in [2.05, 4.69) is 17.4 Å². The van der Waals surface area contributed by atoms with Crippen LogP contribution in [-0.4, -0.2) is 19.1 Å². The van der Waals surface area contributed by atoms with Gasteiger partial charge in [-0.05, 0) is 50.1 Å². The first-order valence-corrected chi connectivity index (χ1v) is 7.33. The number of hydrogen-bond donors (Lipinski definition) is 1. The molecule has 0 atom stereocenters. The third-order valence-corrected chi connectivity index (χ3v) is 3.72. The number of rotatable bonds is 2. The number of benzene rings is 2. The predicted molar refractivity (Wildman–Crippen MR) is 86.0 cm³/mol. The molecular formula is C18H19NO3. The summed E-state index contributed by atoms with van der Waals surface area (Å²) < 4.78 is 11.0. The third-order valence-electron chi connectivity index (χ3n) is 3.72. The minimum absolute atomic E-state index is 0.146. The highest BCUT2D eigenvalue weighted by molar-refractivity contribution is 6.05. The molecule has 0 radical (unpaired) electrons. The van der Waals surface area contributed by atoms with Crippen molar-refractivity contribution in [3.63, 3.8) is 0 Å². The zero-order valence-corrected chi connectivity index (χ0v) is 13.0. The second kappa shape index (κ2) is 5.72. The number of hydrogen-bond acceptors (Lipinski definition) is 3. The molecule has 2 aromatic carbocycles. The molecule has 0 saturated carbocycles. The lowest BCUT2D eigenvalue weighted by atomic mass is 10.0. The summed E-state index contributed by atoms with van der Waals surface area (Å²) in [6, 6.07) is 9.38. The van der Waals surface area contributed by atoms with E-state index in [1.165, 1.54) is 5.56 Å². The third kappa shape index (κ3) is 2.77. The SMILES string of the molecule is Cc1cc(C)c(NC(=O)c2ccc3c(c2)OCCO3)c(C)c1. The van der Waals surface area contributed by atoms with Crippen LogP contribution in [0, 0.1) is 20.8 Å². The fourth-order valence-corrected chi connectivity index (χ4v) is 2.75. The van der Waals surface area contributed by atoms with E-state index in [9.17, 15) is 4.79 Å². The van der Waals surface area contributed by atoms with Gasteiger partial charge in [0.15, 0.2) is 11.5 Å². The second-order valence-electron chi connectivity index (χ2n) is 5.59. The van der Waals surface area contributed by atoms with Crippen molar-refractivity contribution >= 4 is 11.6 Å². The molecule has 1 heterocycles. The van der Waals surface area contributed by atoms with Crippen LogP contribution in [0.15, 0.2) is 30.3 Å². The van der Waals surface area contributed by atoms with Gasteiger partial charge in [-0.3, -0.25) is 4.79 Å². The van der Waals surface area contributed by atoms with Crippen LogP contribution in [0.25, 0.3) is 0 Å². The smallest absolute Gasteiger partial charge is 0.255 e. The van der Waals surface area contributed by atoms with Crippen LogP contribution in [0.1, 0.15) is 27.0 Å². The van der Waals surface area contributed by atoms with Gasteiger partial charge in [-0.25, -0.2) is 0 Å². The minimum Gasteiger partial charge on any atom is -0.486 e. The van der Waals surface area contributed by atoms with Gasteiger partial charge in [0.25, 0.3) is 5.91 Å². The van der Waals surface area contributed by atoms with Gasteiger partial charge in [0, 0.05) is 11.3 Å². The Hall–Kier alpha value is -2.49. The van der Waals surface area contributed by atoms with Gasteiger partial charge < -0.3 is 14.8 Å². The normalized spacial score (nSPS) is 12.9. The van der Waals surface area contributed by atoms with Crippen molar-refractivity contribution < 1.29 is 14.3 Å². The molecule has 1 N–H and O–H groups in total. The van der Waals surface area contributed by atoms with Crippen molar-refractivity contribution in [1.29, 1.82) is 0 Å². The largest absolute Gasteiger partial charge is 0.486 e. The van der Waals surface area contributed by atoms with E-state index in [4.69, 9.17) is 9.47 Å². The molecule has 1 aliphatic rings. The fraction of sp³-hybridized carbons (Fsp3) is 0.278. The highest BCUT2D eigenvalue weighted by Crippen LogP contribution is 2.31. The molecule has 0 aliphatic carbocycles. The van der Waals surface area contributed by atoms with E-state index < -0.39 is 0 Å². The highest BCUT2D eigenvalue weighted by Gasteiger charge is 2.16. The average molecular weight is 297 g/mol. The van der Waals surface area contributed by atoms with Gasteiger partial charge in [0.2, 0.25) is 0 Å². The Morgan fingerprint density at radius 3 is 2.27 bits per heavy atom. The molecule has 3 rings (SSSR count). The van der Waals surface area contributed by atoms with E-state index in [0.717, 1.165) is 16.8 Å². The molecule has 0 saturated heterocycles. The Morgan fingerprint density at radius 1 is 0.955 bits per heavy atom. The molecule has 2 aromatic rings. The molecule has 22 heavy (non-hydrogen) atoms. The summed E-state index contributed by atoms with van der Waals surface area (Å²) in [6.45, 7) is 7.10. The first-order valence-electron chi connectivity index (χ1n) is 7.33. The standard InChI is InChI=1S/C18H19NO3/c1-11-8-12(2)17(13(3)9-11)19-18(20)14-4-5-15-16(10-14)22-7-6-21-15/h4-5,8-10H,6-7H2,1-3H3,(H,19,20). The topological polar surface area (TPSA) is 47.6 Å². The van der Waals surface area contributed by atoms with Crippen LogP contribution in [0.2, 0.25) is 0 Å². The van der Waals surface area contributed by atoms with Gasteiger partial charge in [-0.2, -0.15) is 0 Å². The van der Waals surface area contributed by atoms with Crippen LogP contribution in [0.3, 0.4) is 0 Å². The Kier molecular flexibility index (Phi) is 3.75. The fourth-order valence-electron chi connectivity index (χ4n) is 2.75. The highest BCUT2D eigenvalue weighted by atomic mass is 16.6. The lowest BCUT2D eigenvalue weighted by Crippen LogP contribution is -2.17. The maximum absolute atomic E-state index is 12.5. The first kappa shape index (κ1) is 14.4. The molecule has 4 nitrogen and oxygen atoms in total. The molecule has 0 spiro atoms. The zero-order valence-electron chi connectivity index (χ0n) is 13.0. The predicted octanol–water partition coefficient (Wildman–Crippen LogP) is 3.64. The van der Waals surface area contributed by atoms with Crippen molar-refractivity contribution in [3.8, 4) is 11.5 Å². The molecule has 0 unspecified atom stereocenters. The quantitative estimate of drug-likeness (QED) is 0.920. The number of carbonyl (C=O) groups excluding carboxylic acids is 1. The van der Waals surface area contributed by atoms with Gasteiger partial charge >= 0.3 is 0 Å². The Labute approximate surface area is 130 Å². The van der Waals surface area contributed by atoms with Gasteiger partial charge in [0.05, 0.1) is 0 Å². The maximum Gasteiger partial charge on any atom is 0.255 e. The monoisotopic (exact) mass is 297 g/mol. The minimum atomic E-state index is -0.146. The van der Waals surface area contributed by atoms with E-state index in [-0.39, 0.29) is 5.91 Å². The van der Waals surface area contributed by atoms with Crippen molar-refractivity contribution in [1.82, 2.24) is 0 Å². The van der Waals surface area contributed by atoms with Crippen LogP contribution in [-0.2, 0) is 0 Å². The Morgan fingerprint density at radius 2 is 1.59 bits per heavy atom. The Bertz CT molecular complexity index is 714. The molecule has 0 aromatic heterocycles. The first-order chi connectivity index (χ1) is 10.5. The second-order valence-corrected chi connectivity index (χ2v) is 5.59. The van der Waals surface area contributed by atoms with Crippen molar-refractivity contribution in [2.75, 3.05) is 18.5 Å². The molecule has 0 bridgehead atoms. The number of amides is 1. The van der Waals surface area contributed by atoms with E-state index in [1.54, 1.807) is 18.2 Å². The summed E-state index contributed by atoms with van der Waals surface area (Å²) in [4.78, 5) is 12.5. The number of nitrogens with one attached hydrogen (secondary N) is 1. The summed E-state index contributed by atoms with van der Waals surface area (Å²) in [7, 11) is 0. The zero-order chi connectivity index (χ0) is 15.7. The summed E-state index contributed by atoms with van der Waals surface area (Å²) in [5.41, 5.74) is 4.73. The van der Waals surface area contributed by atoms with E-state index in [1.807, 2.05) is 20.8 Å². The van der Waals surface area contributed by atoms with Gasteiger partial charge in [0.1, 0.15) is 13.2 Å². The van der Waals surface area contributed by atoms with Crippen LogP contribution < -0.4 is 14.8 Å². The van der Waals surface area contributed by atoms with Gasteiger partial charge in [-0.1, -0.05) is 17.7 Å². The summed E-state index contributed by atoms with van der Waals surface area (Å²) >= 11 is 0. The van der Waals surface area contributed by atoms with Crippen LogP contribution in [0.5, 0.6) is 11.5 Å². The van der Waals surface area contributed by atoms with Crippen LogP contribution >= 0.6 is 0 Å². The molecule has 0 fully saturated rings. The van der Waals surface area contributed by atoms with Crippen molar-refractivity contribution in [3.05, 3.63) is 52.6 Å². The number of anilines is 1.